The Morgan fingerprint density at radius 1 is 1.33 bits per heavy atom. The average molecular weight is 370 g/mol. The molecule has 2 aromatic rings. The summed E-state index contributed by atoms with van der Waals surface area (Å²) in [5, 5.41) is 7.60. The number of aromatic amines is 1. The second-order valence-corrected chi connectivity index (χ2v) is 7.44. The number of nitrogens with two attached hydrogens (primary N) is 1. The van der Waals surface area contributed by atoms with Gasteiger partial charge in [-0.05, 0) is 55.4 Å². The fourth-order valence-corrected chi connectivity index (χ4v) is 3.82. The van der Waals surface area contributed by atoms with Gasteiger partial charge in [0.15, 0.2) is 0 Å². The molecule has 144 valence electrons. The largest absolute Gasteiger partial charge is 0.493 e. The van der Waals surface area contributed by atoms with Gasteiger partial charge in [-0.25, -0.2) is 5.84 Å². The van der Waals surface area contributed by atoms with Gasteiger partial charge in [-0.15, -0.1) is 0 Å². The Morgan fingerprint density at radius 3 is 3.00 bits per heavy atom. The minimum Gasteiger partial charge on any atom is -0.493 e. The van der Waals surface area contributed by atoms with Gasteiger partial charge in [0, 0.05) is 12.1 Å². The van der Waals surface area contributed by atoms with Crippen LogP contribution in [0.1, 0.15) is 40.7 Å². The van der Waals surface area contributed by atoms with E-state index in [1.165, 1.54) is 41.4 Å². The minimum absolute atomic E-state index is 0.0397. The maximum atomic E-state index is 12.1. The third-order valence-electron chi connectivity index (χ3n) is 5.43. The van der Waals surface area contributed by atoms with E-state index in [1.54, 1.807) is 0 Å². The van der Waals surface area contributed by atoms with Crippen molar-refractivity contribution in [1.82, 2.24) is 15.2 Å². The quantitative estimate of drug-likeness (QED) is 0.461. The molecule has 0 unspecified atom stereocenters. The first kappa shape index (κ1) is 18.0. The van der Waals surface area contributed by atoms with Gasteiger partial charge in [-0.3, -0.25) is 14.9 Å². The van der Waals surface area contributed by atoms with Crippen LogP contribution in [0.15, 0.2) is 30.6 Å². The first-order valence-corrected chi connectivity index (χ1v) is 9.60. The van der Waals surface area contributed by atoms with E-state index >= 15 is 0 Å². The van der Waals surface area contributed by atoms with Crippen molar-refractivity contribution in [3.8, 4) is 5.75 Å². The Labute approximate surface area is 158 Å². The molecule has 27 heavy (non-hydrogen) atoms. The van der Waals surface area contributed by atoms with E-state index in [4.69, 9.17) is 15.3 Å². The van der Waals surface area contributed by atoms with E-state index in [9.17, 15) is 4.79 Å². The molecule has 1 aliphatic heterocycles. The number of carbonyl (C=O) groups excluding carboxylic acids is 1. The molecule has 2 atom stereocenters. The van der Waals surface area contributed by atoms with Crippen molar-refractivity contribution < 1.29 is 14.3 Å². The van der Waals surface area contributed by atoms with Crippen LogP contribution < -0.4 is 10.6 Å². The lowest BCUT2D eigenvalue weighted by molar-refractivity contribution is -0.0389. The highest BCUT2D eigenvalue weighted by molar-refractivity contribution is 5.93. The van der Waals surface area contributed by atoms with Crippen LogP contribution in [-0.4, -0.2) is 47.0 Å². The molecule has 1 saturated heterocycles. The molecule has 0 saturated carbocycles. The summed E-state index contributed by atoms with van der Waals surface area (Å²) >= 11 is 0. The molecule has 2 aliphatic rings. The number of hydrogen-bond acceptors (Lipinski definition) is 5. The molecular weight excluding hydrogens is 344 g/mol. The maximum Gasteiger partial charge on any atom is 0.271 e. The Kier molecular flexibility index (Phi) is 5.40. The van der Waals surface area contributed by atoms with E-state index in [2.05, 4.69) is 28.4 Å². The van der Waals surface area contributed by atoms with Crippen molar-refractivity contribution in [2.24, 2.45) is 11.8 Å². The molecule has 0 bridgehead atoms. The number of carbonyl (C=O) groups is 1. The Balaban J connectivity index is 1.20. The van der Waals surface area contributed by atoms with Crippen molar-refractivity contribution in [2.75, 3.05) is 19.8 Å². The number of fused-ring (bicyclic) bond motifs is 1. The van der Waals surface area contributed by atoms with E-state index in [0.717, 1.165) is 25.0 Å². The zero-order valence-electron chi connectivity index (χ0n) is 15.4. The number of ether oxygens (including phenoxy) is 2. The lowest BCUT2D eigenvalue weighted by Crippen LogP contribution is -2.45. The summed E-state index contributed by atoms with van der Waals surface area (Å²) in [6.45, 7) is 1.66. The third kappa shape index (κ3) is 4.31. The number of amides is 1. The maximum absolute atomic E-state index is 12.1. The van der Waals surface area contributed by atoms with E-state index < -0.39 is 0 Å². The van der Waals surface area contributed by atoms with Crippen LogP contribution in [0.25, 0.3) is 0 Å². The van der Waals surface area contributed by atoms with Crippen LogP contribution in [0, 0.1) is 5.92 Å². The molecule has 1 amide bonds. The topological polar surface area (TPSA) is 93.5 Å². The SMILES string of the molecule is NN(C[C@H]1CC[C@@H](COc2ccc3c(c2)CCC3)CO1)C(=O)c1cn[nH]c1. The van der Waals surface area contributed by atoms with Crippen LogP contribution in [0.4, 0.5) is 0 Å². The van der Waals surface area contributed by atoms with E-state index in [-0.39, 0.29) is 12.0 Å². The predicted octanol–water partition coefficient (Wildman–Crippen LogP) is 2.09. The fourth-order valence-electron chi connectivity index (χ4n) is 3.82. The number of nitrogens with one attached hydrogen (secondary N) is 1. The average Bonchev–Trinajstić information content (AvgIpc) is 3.38. The number of rotatable bonds is 6. The van der Waals surface area contributed by atoms with Gasteiger partial charge in [0.25, 0.3) is 5.91 Å². The minimum atomic E-state index is -0.255. The Morgan fingerprint density at radius 2 is 2.22 bits per heavy atom. The zero-order chi connectivity index (χ0) is 18.6. The number of nitrogens with zero attached hydrogens (tertiary/aromatic N) is 2. The molecule has 0 radical (unpaired) electrons. The van der Waals surface area contributed by atoms with Crippen LogP contribution in [0.5, 0.6) is 5.75 Å². The van der Waals surface area contributed by atoms with Crippen LogP contribution >= 0.6 is 0 Å². The molecule has 7 nitrogen and oxygen atoms in total. The number of aromatic nitrogens is 2. The Bertz CT molecular complexity index is 770. The molecule has 0 spiro atoms. The van der Waals surface area contributed by atoms with E-state index in [1.807, 2.05) is 0 Å². The monoisotopic (exact) mass is 370 g/mol. The number of hydrogen-bond donors (Lipinski definition) is 2. The predicted molar refractivity (Wildman–Crippen MR) is 100 cm³/mol. The summed E-state index contributed by atoms with van der Waals surface area (Å²) in [7, 11) is 0. The second-order valence-electron chi connectivity index (χ2n) is 7.44. The Hall–Kier alpha value is -2.38. The summed E-state index contributed by atoms with van der Waals surface area (Å²) in [6.07, 6.45) is 8.43. The highest BCUT2D eigenvalue weighted by atomic mass is 16.5. The van der Waals surface area contributed by atoms with E-state index in [0.29, 0.717) is 31.2 Å². The number of hydrazine groups is 1. The van der Waals surface area contributed by atoms with Crippen molar-refractivity contribution in [3.05, 3.63) is 47.3 Å². The third-order valence-corrected chi connectivity index (χ3v) is 5.43. The molecule has 1 aromatic heterocycles. The smallest absolute Gasteiger partial charge is 0.271 e. The van der Waals surface area contributed by atoms with Gasteiger partial charge in [-0.2, -0.15) is 5.10 Å². The molecule has 4 rings (SSSR count). The van der Waals surface area contributed by atoms with Crippen molar-refractivity contribution in [2.45, 2.75) is 38.2 Å². The lowest BCUT2D eigenvalue weighted by Gasteiger charge is -2.31. The first-order valence-electron chi connectivity index (χ1n) is 9.60. The normalized spacial score (nSPS) is 21.7. The van der Waals surface area contributed by atoms with Gasteiger partial charge in [-0.1, -0.05) is 6.07 Å². The van der Waals surface area contributed by atoms with Gasteiger partial charge >= 0.3 is 0 Å². The highest BCUT2D eigenvalue weighted by Crippen LogP contribution is 2.27. The standard InChI is InChI=1S/C20H26N4O3/c21-24(20(25)17-9-22-23-10-17)11-19-6-4-14(13-27-19)12-26-18-7-5-15-2-1-3-16(15)8-18/h5,7-10,14,19H,1-4,6,11-13,21H2,(H,22,23)/t14-,19+/m0/s1. The summed E-state index contributed by atoms with van der Waals surface area (Å²) < 4.78 is 11.9. The molecule has 3 N–H and O–H groups in total. The highest BCUT2D eigenvalue weighted by Gasteiger charge is 2.25. The van der Waals surface area contributed by atoms with Gasteiger partial charge in [0.2, 0.25) is 0 Å². The summed E-state index contributed by atoms with van der Waals surface area (Å²) in [6, 6.07) is 6.45. The van der Waals surface area contributed by atoms with Crippen molar-refractivity contribution in [1.29, 1.82) is 0 Å². The first-order chi connectivity index (χ1) is 13.2. The number of H-pyrrole nitrogens is 1. The van der Waals surface area contributed by atoms with Gasteiger partial charge in [0.05, 0.1) is 37.6 Å². The lowest BCUT2D eigenvalue weighted by atomic mass is 9.99. The molecule has 7 heteroatoms. The molecule has 1 aliphatic carbocycles. The summed E-state index contributed by atoms with van der Waals surface area (Å²) in [5.74, 6) is 6.96. The molecule has 2 heterocycles. The summed E-state index contributed by atoms with van der Waals surface area (Å²) in [4.78, 5) is 12.1. The number of benzene rings is 1. The second kappa shape index (κ2) is 8.10. The van der Waals surface area contributed by atoms with Crippen LogP contribution in [0.3, 0.4) is 0 Å². The number of aryl methyl sites for hydroxylation is 2. The molecule has 1 aromatic carbocycles. The van der Waals surface area contributed by atoms with Gasteiger partial charge in [0.1, 0.15) is 5.75 Å². The van der Waals surface area contributed by atoms with Crippen molar-refractivity contribution >= 4 is 5.91 Å². The zero-order valence-corrected chi connectivity index (χ0v) is 15.4. The molecular formula is C20H26N4O3. The molecule has 1 fully saturated rings. The van der Waals surface area contributed by atoms with Crippen LogP contribution in [0.2, 0.25) is 0 Å². The van der Waals surface area contributed by atoms with Gasteiger partial charge < -0.3 is 9.47 Å². The fraction of sp³-hybridized carbons (Fsp3) is 0.500. The van der Waals surface area contributed by atoms with Crippen molar-refractivity contribution in [3.63, 3.8) is 0 Å². The van der Waals surface area contributed by atoms with Crippen LogP contribution in [-0.2, 0) is 17.6 Å². The summed E-state index contributed by atoms with van der Waals surface area (Å²) in [5.41, 5.74) is 3.34.